The summed E-state index contributed by atoms with van der Waals surface area (Å²) in [6.45, 7) is 0.430. The number of aliphatic hydroxyl groups excluding tert-OH is 1. The average Bonchev–Trinajstić information content (AvgIpc) is 3.35. The number of nitrogens with zero attached hydrogens (tertiary/aromatic N) is 2. The summed E-state index contributed by atoms with van der Waals surface area (Å²) in [5, 5.41) is 13.3. The Balaban J connectivity index is 1.39. The van der Waals surface area contributed by atoms with Crippen molar-refractivity contribution >= 4 is 23.4 Å². The van der Waals surface area contributed by atoms with E-state index in [1.807, 2.05) is 0 Å². The Morgan fingerprint density at radius 2 is 1.88 bits per heavy atom. The number of rotatable bonds is 3. The van der Waals surface area contributed by atoms with Crippen molar-refractivity contribution in [2.24, 2.45) is 0 Å². The Morgan fingerprint density at radius 1 is 1.06 bits per heavy atom. The Hall–Kier alpha value is -3.91. The number of anilines is 1. The molecule has 3 heterocycles. The molecule has 0 spiro atoms. The van der Waals surface area contributed by atoms with Crippen molar-refractivity contribution in [3.05, 3.63) is 78.1 Å². The van der Waals surface area contributed by atoms with Crippen LogP contribution in [0.25, 0.3) is 11.3 Å². The molecule has 162 valence electrons. The van der Waals surface area contributed by atoms with Gasteiger partial charge in [0, 0.05) is 18.7 Å². The van der Waals surface area contributed by atoms with E-state index in [1.165, 1.54) is 9.80 Å². The molecular weight excluding hydrogens is 410 g/mol. The molecule has 8 heteroatoms. The highest BCUT2D eigenvalue weighted by atomic mass is 16.3. The van der Waals surface area contributed by atoms with Crippen LogP contribution in [-0.4, -0.2) is 58.3 Å². The van der Waals surface area contributed by atoms with Crippen LogP contribution in [0.15, 0.2) is 71.3 Å². The van der Waals surface area contributed by atoms with Crippen molar-refractivity contribution in [3.8, 4) is 11.3 Å². The van der Waals surface area contributed by atoms with E-state index in [-0.39, 0.29) is 31.4 Å². The number of fused-ring (bicyclic) bond motifs is 2. The number of aliphatic hydroxyl groups is 1. The average molecular weight is 431 g/mol. The minimum Gasteiger partial charge on any atom is -0.464 e. The van der Waals surface area contributed by atoms with Crippen molar-refractivity contribution in [2.45, 2.75) is 12.1 Å². The van der Waals surface area contributed by atoms with Crippen molar-refractivity contribution < 1.29 is 23.9 Å². The molecule has 1 fully saturated rings. The highest BCUT2D eigenvalue weighted by Gasteiger charge is 2.41. The first-order chi connectivity index (χ1) is 15.5. The number of hydrogen-bond donors (Lipinski definition) is 2. The van der Waals surface area contributed by atoms with Crippen molar-refractivity contribution in [2.75, 3.05) is 25.0 Å². The van der Waals surface area contributed by atoms with Crippen LogP contribution < -0.4 is 5.32 Å². The fourth-order valence-corrected chi connectivity index (χ4v) is 4.20. The fourth-order valence-electron chi connectivity index (χ4n) is 4.20. The molecule has 0 aliphatic carbocycles. The van der Waals surface area contributed by atoms with Gasteiger partial charge in [-0.1, -0.05) is 30.3 Å². The van der Waals surface area contributed by atoms with E-state index in [0.717, 1.165) is 5.56 Å². The molecule has 2 N–H and O–H groups in total. The molecule has 2 atom stereocenters. The molecule has 0 bridgehead atoms. The molecule has 1 saturated heterocycles. The zero-order valence-corrected chi connectivity index (χ0v) is 17.1. The van der Waals surface area contributed by atoms with Crippen LogP contribution >= 0.6 is 0 Å². The van der Waals surface area contributed by atoms with Gasteiger partial charge in [0.25, 0.3) is 11.8 Å². The van der Waals surface area contributed by atoms with Gasteiger partial charge in [-0.05, 0) is 35.9 Å². The first-order valence-corrected chi connectivity index (χ1v) is 10.3. The van der Waals surface area contributed by atoms with Gasteiger partial charge in [-0.2, -0.15) is 0 Å². The predicted octanol–water partition coefficient (Wildman–Crippen LogP) is 2.29. The van der Waals surface area contributed by atoms with E-state index >= 15 is 0 Å². The maximum Gasteiger partial charge on any atom is 0.256 e. The summed E-state index contributed by atoms with van der Waals surface area (Å²) in [4.78, 5) is 42.1. The second-order valence-electron chi connectivity index (χ2n) is 7.84. The summed E-state index contributed by atoms with van der Waals surface area (Å²) in [5.74, 6) is -0.516. The standard InChI is InChI=1S/C24H21N3O5/c28-21(15-5-2-1-3-6-15)24(31)26-10-11-27-19(14-26)22(29)25-18-9-8-16(13-17(18)23(27)30)20-7-4-12-32-20/h1-9,12-13,19,21,28H,10-11,14H2,(H,25,29)/t19-,21+/m1/s1. The van der Waals surface area contributed by atoms with Gasteiger partial charge in [0.1, 0.15) is 11.8 Å². The summed E-state index contributed by atoms with van der Waals surface area (Å²) >= 11 is 0. The van der Waals surface area contributed by atoms with E-state index < -0.39 is 18.1 Å². The number of benzene rings is 2. The van der Waals surface area contributed by atoms with E-state index in [9.17, 15) is 19.5 Å². The predicted molar refractivity (Wildman–Crippen MR) is 116 cm³/mol. The Bertz CT molecular complexity index is 1180. The number of carbonyl (C=O) groups is 3. The second-order valence-corrected chi connectivity index (χ2v) is 7.84. The van der Waals surface area contributed by atoms with Gasteiger partial charge in [0.15, 0.2) is 6.10 Å². The maximum absolute atomic E-state index is 13.3. The lowest BCUT2D eigenvalue weighted by Gasteiger charge is -2.40. The van der Waals surface area contributed by atoms with Crippen molar-refractivity contribution in [1.82, 2.24) is 9.80 Å². The molecule has 0 radical (unpaired) electrons. The first-order valence-electron chi connectivity index (χ1n) is 10.3. The summed E-state index contributed by atoms with van der Waals surface area (Å²) in [6.07, 6.45) is 0.237. The Morgan fingerprint density at radius 3 is 2.62 bits per heavy atom. The molecule has 3 aromatic rings. The van der Waals surface area contributed by atoms with E-state index in [2.05, 4.69) is 5.32 Å². The molecule has 0 saturated carbocycles. The number of hydrogen-bond acceptors (Lipinski definition) is 5. The number of nitrogens with one attached hydrogen (secondary N) is 1. The minimum absolute atomic E-state index is 0.0132. The highest BCUT2D eigenvalue weighted by molar-refractivity contribution is 6.10. The lowest BCUT2D eigenvalue weighted by molar-refractivity contribution is -0.144. The smallest absolute Gasteiger partial charge is 0.256 e. The van der Waals surface area contributed by atoms with Gasteiger partial charge in [-0.3, -0.25) is 14.4 Å². The number of carbonyl (C=O) groups excluding carboxylic acids is 3. The van der Waals surface area contributed by atoms with Crippen LogP contribution in [0.3, 0.4) is 0 Å². The summed E-state index contributed by atoms with van der Waals surface area (Å²) in [7, 11) is 0. The number of amides is 3. The first kappa shape index (κ1) is 20.0. The monoisotopic (exact) mass is 431 g/mol. The summed E-state index contributed by atoms with van der Waals surface area (Å²) < 4.78 is 5.42. The third kappa shape index (κ3) is 3.44. The van der Waals surface area contributed by atoms with E-state index in [0.29, 0.717) is 22.6 Å². The van der Waals surface area contributed by atoms with E-state index in [4.69, 9.17) is 4.42 Å². The zero-order chi connectivity index (χ0) is 22.2. The third-order valence-electron chi connectivity index (χ3n) is 5.92. The minimum atomic E-state index is -1.32. The SMILES string of the molecule is O=C1Nc2ccc(-c3ccco3)cc2C(=O)N2CCN(C(=O)[C@@H](O)c3ccccc3)C[C@H]12. The van der Waals surface area contributed by atoms with Crippen molar-refractivity contribution in [1.29, 1.82) is 0 Å². The largest absolute Gasteiger partial charge is 0.464 e. The van der Waals surface area contributed by atoms with Gasteiger partial charge in [0.2, 0.25) is 5.91 Å². The second kappa shape index (κ2) is 7.97. The third-order valence-corrected chi connectivity index (χ3v) is 5.92. The van der Waals surface area contributed by atoms with E-state index in [1.54, 1.807) is 66.9 Å². The van der Waals surface area contributed by atoms with Crippen LogP contribution in [0.1, 0.15) is 22.0 Å². The zero-order valence-electron chi connectivity index (χ0n) is 17.1. The molecule has 2 aromatic carbocycles. The van der Waals surface area contributed by atoms with Crippen LogP contribution in [0.2, 0.25) is 0 Å². The van der Waals surface area contributed by atoms with Crippen LogP contribution in [0.4, 0.5) is 5.69 Å². The van der Waals surface area contributed by atoms with Crippen LogP contribution in [-0.2, 0) is 9.59 Å². The number of furan rings is 1. The molecule has 2 aliphatic rings. The van der Waals surface area contributed by atoms with Gasteiger partial charge >= 0.3 is 0 Å². The molecule has 0 unspecified atom stereocenters. The molecule has 2 aliphatic heterocycles. The topological polar surface area (TPSA) is 103 Å². The van der Waals surface area contributed by atoms with Gasteiger partial charge in [-0.25, -0.2) is 0 Å². The lowest BCUT2D eigenvalue weighted by Crippen LogP contribution is -2.60. The van der Waals surface area contributed by atoms with Crippen molar-refractivity contribution in [3.63, 3.8) is 0 Å². The van der Waals surface area contributed by atoms with Gasteiger partial charge in [0.05, 0.1) is 24.1 Å². The molecular formula is C24H21N3O5. The Labute approximate surface area is 184 Å². The molecule has 3 amide bonds. The quantitative estimate of drug-likeness (QED) is 0.662. The van der Waals surface area contributed by atoms with Gasteiger partial charge < -0.3 is 24.6 Å². The van der Waals surface area contributed by atoms with Crippen LogP contribution in [0, 0.1) is 0 Å². The summed E-state index contributed by atoms with van der Waals surface area (Å²) in [6, 6.07) is 16.5. The summed E-state index contributed by atoms with van der Waals surface area (Å²) in [5.41, 5.74) is 2.01. The Kier molecular flexibility index (Phi) is 4.99. The van der Waals surface area contributed by atoms with Crippen LogP contribution in [0.5, 0.6) is 0 Å². The molecule has 8 nitrogen and oxygen atoms in total. The molecule has 5 rings (SSSR count). The lowest BCUT2D eigenvalue weighted by atomic mass is 10.0. The van der Waals surface area contributed by atoms with Gasteiger partial charge in [-0.15, -0.1) is 0 Å². The normalized spacial score (nSPS) is 19.0. The molecule has 1 aromatic heterocycles. The fraction of sp³-hybridized carbons (Fsp3) is 0.208. The number of piperazine rings is 1. The molecule has 32 heavy (non-hydrogen) atoms. The highest BCUT2D eigenvalue weighted by Crippen LogP contribution is 2.30. The maximum atomic E-state index is 13.3.